The molecule has 6 nitrogen and oxygen atoms in total. The predicted molar refractivity (Wildman–Crippen MR) is 121 cm³/mol. The van der Waals surface area contributed by atoms with E-state index in [1.807, 2.05) is 30.3 Å². The number of nitriles is 1. The quantitative estimate of drug-likeness (QED) is 0.453. The highest BCUT2D eigenvalue weighted by Gasteiger charge is 2.36. The molecule has 6 rings (SSSR count). The molecule has 0 atom stereocenters. The Bertz CT molecular complexity index is 1640. The molecule has 0 unspecified atom stereocenters. The second-order valence-corrected chi connectivity index (χ2v) is 7.54. The Morgan fingerprint density at radius 1 is 0.812 bits per heavy atom. The maximum Gasteiger partial charge on any atom is 0.274 e. The first kappa shape index (κ1) is 18.0. The van der Waals surface area contributed by atoms with Crippen molar-refractivity contribution in [2.24, 2.45) is 0 Å². The summed E-state index contributed by atoms with van der Waals surface area (Å²) in [5.41, 5.74) is 3.63. The number of H-pyrrole nitrogens is 1. The molecule has 0 amide bonds. The summed E-state index contributed by atoms with van der Waals surface area (Å²) in [5.74, 6) is 0.168. The molecular formula is C26H14N4O2. The molecule has 0 fully saturated rings. The van der Waals surface area contributed by atoms with Crippen molar-refractivity contribution in [1.29, 1.82) is 5.26 Å². The first-order valence-corrected chi connectivity index (χ1v) is 10.1. The van der Waals surface area contributed by atoms with Gasteiger partial charge in [-0.05, 0) is 29.8 Å². The van der Waals surface area contributed by atoms with E-state index in [1.165, 1.54) is 4.57 Å². The van der Waals surface area contributed by atoms with E-state index in [0.717, 1.165) is 11.0 Å². The van der Waals surface area contributed by atoms with Crippen LogP contribution in [0.15, 0.2) is 83.7 Å². The molecule has 0 spiro atoms. The van der Waals surface area contributed by atoms with Gasteiger partial charge in [0.2, 0.25) is 0 Å². The average Bonchev–Trinajstić information content (AvgIpc) is 3.39. The Morgan fingerprint density at radius 2 is 1.50 bits per heavy atom. The largest absolute Gasteiger partial charge is 0.337 e. The van der Waals surface area contributed by atoms with Crippen LogP contribution in [-0.2, 0) is 0 Å². The zero-order valence-electron chi connectivity index (χ0n) is 16.7. The number of para-hydroxylation sites is 3. The van der Waals surface area contributed by atoms with Crippen molar-refractivity contribution in [2.75, 3.05) is 0 Å². The highest BCUT2D eigenvalue weighted by atomic mass is 16.1. The second kappa shape index (κ2) is 6.62. The van der Waals surface area contributed by atoms with Crippen LogP contribution in [0.25, 0.3) is 39.4 Å². The van der Waals surface area contributed by atoms with Crippen LogP contribution in [0.3, 0.4) is 0 Å². The molecular weight excluding hydrogens is 400 g/mol. The number of fused-ring (bicyclic) bond motifs is 4. The van der Waals surface area contributed by atoms with Gasteiger partial charge in [-0.25, -0.2) is 4.98 Å². The van der Waals surface area contributed by atoms with Crippen LogP contribution in [0.4, 0.5) is 0 Å². The van der Waals surface area contributed by atoms with Gasteiger partial charge in [-0.15, -0.1) is 0 Å². The van der Waals surface area contributed by atoms with E-state index in [1.54, 1.807) is 48.5 Å². The molecule has 0 saturated heterocycles. The van der Waals surface area contributed by atoms with E-state index in [0.29, 0.717) is 39.5 Å². The van der Waals surface area contributed by atoms with Gasteiger partial charge in [-0.1, -0.05) is 54.6 Å². The molecule has 2 heterocycles. The first-order valence-electron chi connectivity index (χ1n) is 10.1. The summed E-state index contributed by atoms with van der Waals surface area (Å²) >= 11 is 0. The summed E-state index contributed by atoms with van der Waals surface area (Å²) in [6, 6.07) is 25.6. The Hall–Kier alpha value is -4.76. The van der Waals surface area contributed by atoms with Gasteiger partial charge in [-0.2, -0.15) is 5.26 Å². The van der Waals surface area contributed by atoms with Crippen molar-refractivity contribution < 1.29 is 4.79 Å². The lowest BCUT2D eigenvalue weighted by atomic mass is 9.99. The molecule has 3 aromatic carbocycles. The number of rotatable bonds is 2. The van der Waals surface area contributed by atoms with Gasteiger partial charge in [0.15, 0.2) is 11.6 Å². The van der Waals surface area contributed by atoms with Gasteiger partial charge < -0.3 is 4.98 Å². The molecule has 1 N–H and O–H groups in total. The van der Waals surface area contributed by atoms with Gasteiger partial charge in [0.25, 0.3) is 5.56 Å². The lowest BCUT2D eigenvalue weighted by Crippen LogP contribution is -2.26. The topological polar surface area (TPSA) is 91.5 Å². The highest BCUT2D eigenvalue weighted by molar-refractivity contribution is 6.25. The molecule has 32 heavy (non-hydrogen) atoms. The van der Waals surface area contributed by atoms with E-state index < -0.39 is 5.56 Å². The third-order valence-corrected chi connectivity index (χ3v) is 5.79. The zero-order valence-corrected chi connectivity index (χ0v) is 16.7. The first-order chi connectivity index (χ1) is 15.7. The number of carbonyl (C=O) groups is 1. The normalized spacial score (nSPS) is 11.9. The van der Waals surface area contributed by atoms with Crippen LogP contribution in [0.5, 0.6) is 0 Å². The van der Waals surface area contributed by atoms with E-state index in [4.69, 9.17) is 4.98 Å². The molecule has 0 aliphatic heterocycles. The number of benzene rings is 3. The Labute approximate surface area is 182 Å². The third-order valence-electron chi connectivity index (χ3n) is 5.79. The smallest absolute Gasteiger partial charge is 0.274 e. The van der Waals surface area contributed by atoms with Crippen molar-refractivity contribution in [3.63, 3.8) is 0 Å². The molecule has 0 saturated carbocycles. The molecule has 1 aliphatic carbocycles. The Balaban J connectivity index is 1.83. The number of hydrogen-bond donors (Lipinski definition) is 1. The standard InChI is InChI=1S/C26H14N4O2/c27-14-18-21-16-10-4-5-11-17(16)24(31)22(21)23(25-28-19-12-6-7-13-20(19)29-25)30(26(18)32)15-8-2-1-3-9-15/h1-13H,(H,28,29). The molecule has 2 aromatic heterocycles. The van der Waals surface area contributed by atoms with Crippen LogP contribution >= 0.6 is 0 Å². The maximum atomic E-state index is 13.7. The molecule has 6 heteroatoms. The van der Waals surface area contributed by atoms with E-state index >= 15 is 0 Å². The fourth-order valence-electron chi connectivity index (χ4n) is 4.42. The van der Waals surface area contributed by atoms with Crippen molar-refractivity contribution in [1.82, 2.24) is 14.5 Å². The number of carbonyl (C=O) groups excluding carboxylic acids is 1. The van der Waals surface area contributed by atoms with Crippen LogP contribution < -0.4 is 5.56 Å². The maximum absolute atomic E-state index is 13.7. The SMILES string of the molecule is N#Cc1c2c(c(-c3nc4ccccc4[nH]3)n(-c3ccccc3)c1=O)C(=O)c1ccccc1-2. The van der Waals surface area contributed by atoms with Crippen LogP contribution in [0.1, 0.15) is 21.5 Å². The van der Waals surface area contributed by atoms with Crippen molar-refractivity contribution in [3.05, 3.63) is 106 Å². The highest BCUT2D eigenvalue weighted by Crippen LogP contribution is 2.42. The number of ketones is 1. The summed E-state index contributed by atoms with van der Waals surface area (Å²) in [5, 5.41) is 9.94. The number of aromatic nitrogens is 3. The molecule has 150 valence electrons. The minimum atomic E-state index is -0.489. The van der Waals surface area contributed by atoms with E-state index in [-0.39, 0.29) is 11.3 Å². The number of aromatic amines is 1. The number of imidazole rings is 1. The number of nitrogens with zero attached hydrogens (tertiary/aromatic N) is 3. The average molecular weight is 414 g/mol. The fraction of sp³-hybridized carbons (Fsp3) is 0. The van der Waals surface area contributed by atoms with Gasteiger partial charge in [0, 0.05) is 16.8 Å². The Kier molecular flexibility index (Phi) is 3.73. The van der Waals surface area contributed by atoms with Gasteiger partial charge >= 0.3 is 0 Å². The zero-order chi connectivity index (χ0) is 21.8. The van der Waals surface area contributed by atoms with Gasteiger partial charge in [0.05, 0.1) is 16.6 Å². The fourth-order valence-corrected chi connectivity index (χ4v) is 4.42. The summed E-state index contributed by atoms with van der Waals surface area (Å²) in [4.78, 5) is 35.2. The lowest BCUT2D eigenvalue weighted by molar-refractivity contribution is 0.104. The molecule has 1 aliphatic rings. The monoisotopic (exact) mass is 414 g/mol. The van der Waals surface area contributed by atoms with Crippen LogP contribution in [-0.4, -0.2) is 20.3 Å². The van der Waals surface area contributed by atoms with Crippen molar-refractivity contribution in [2.45, 2.75) is 0 Å². The molecule has 5 aromatic rings. The van der Waals surface area contributed by atoms with Gasteiger partial charge in [-0.3, -0.25) is 14.2 Å². The predicted octanol–water partition coefficient (Wildman–Crippen LogP) is 4.46. The van der Waals surface area contributed by atoms with Crippen molar-refractivity contribution >= 4 is 16.8 Å². The summed E-state index contributed by atoms with van der Waals surface area (Å²) in [7, 11) is 0. The summed E-state index contributed by atoms with van der Waals surface area (Å²) < 4.78 is 1.42. The molecule has 0 bridgehead atoms. The molecule has 0 radical (unpaired) electrons. The minimum Gasteiger partial charge on any atom is -0.337 e. The van der Waals surface area contributed by atoms with Crippen molar-refractivity contribution in [3.8, 4) is 34.4 Å². The summed E-state index contributed by atoms with van der Waals surface area (Å²) in [6.45, 7) is 0. The van der Waals surface area contributed by atoms with E-state index in [2.05, 4.69) is 11.1 Å². The Morgan fingerprint density at radius 3 is 2.25 bits per heavy atom. The summed E-state index contributed by atoms with van der Waals surface area (Å²) in [6.07, 6.45) is 0. The van der Waals surface area contributed by atoms with Crippen LogP contribution in [0, 0.1) is 11.3 Å². The van der Waals surface area contributed by atoms with E-state index in [9.17, 15) is 14.9 Å². The van der Waals surface area contributed by atoms with Gasteiger partial charge in [0.1, 0.15) is 17.3 Å². The number of hydrogen-bond acceptors (Lipinski definition) is 4. The lowest BCUT2D eigenvalue weighted by Gasteiger charge is -2.16. The number of pyridine rings is 1. The minimum absolute atomic E-state index is 0.0537. The third kappa shape index (κ3) is 2.36. The second-order valence-electron chi connectivity index (χ2n) is 7.54. The van der Waals surface area contributed by atoms with Crippen LogP contribution in [0.2, 0.25) is 0 Å². The number of nitrogens with one attached hydrogen (secondary N) is 1.